The summed E-state index contributed by atoms with van der Waals surface area (Å²) >= 11 is 4.71. The molecule has 15 heavy (non-hydrogen) atoms. The average molecular weight is 230 g/mol. The first-order valence-corrected chi connectivity index (χ1v) is 6.12. The molecule has 0 aromatic rings. The van der Waals surface area contributed by atoms with Gasteiger partial charge >= 0.3 is 0 Å². The Bertz CT molecular complexity index is 195. The molecule has 3 N–H and O–H groups in total. The van der Waals surface area contributed by atoms with Crippen LogP contribution in [0.2, 0.25) is 0 Å². The third kappa shape index (κ3) is 11.3. The number of hydrogen-bond acceptors (Lipinski definition) is 2. The van der Waals surface area contributed by atoms with Gasteiger partial charge in [0.15, 0.2) is 0 Å². The van der Waals surface area contributed by atoms with E-state index >= 15 is 0 Å². The van der Waals surface area contributed by atoms with E-state index < -0.39 is 0 Å². The van der Waals surface area contributed by atoms with E-state index in [1.165, 1.54) is 19.3 Å². The normalized spacial score (nSPS) is 9.93. The Morgan fingerprint density at radius 1 is 1.20 bits per heavy atom. The summed E-state index contributed by atoms with van der Waals surface area (Å²) in [5.41, 5.74) is 5.31. The van der Waals surface area contributed by atoms with Crippen LogP contribution in [0.15, 0.2) is 0 Å². The second-order valence-corrected chi connectivity index (χ2v) is 4.25. The van der Waals surface area contributed by atoms with Crippen molar-refractivity contribution in [1.29, 1.82) is 0 Å². The lowest BCUT2D eigenvalue weighted by Gasteiger charge is -2.04. The van der Waals surface area contributed by atoms with E-state index in [0.29, 0.717) is 24.4 Å². The molecule has 0 unspecified atom stereocenters. The Morgan fingerprint density at radius 2 is 1.87 bits per heavy atom. The number of thiocarbonyl (C=S) groups is 1. The van der Waals surface area contributed by atoms with Gasteiger partial charge in [0.1, 0.15) is 0 Å². The van der Waals surface area contributed by atoms with Crippen molar-refractivity contribution in [2.75, 3.05) is 6.54 Å². The van der Waals surface area contributed by atoms with E-state index in [-0.39, 0.29) is 5.91 Å². The number of hydrogen-bond donors (Lipinski definition) is 2. The molecular formula is C11H22N2OS. The Morgan fingerprint density at radius 3 is 2.47 bits per heavy atom. The minimum Gasteiger partial charge on any atom is -0.393 e. The van der Waals surface area contributed by atoms with Gasteiger partial charge in [-0.2, -0.15) is 0 Å². The maximum atomic E-state index is 11.3. The van der Waals surface area contributed by atoms with E-state index in [9.17, 15) is 4.79 Å². The maximum Gasteiger partial charge on any atom is 0.220 e. The number of rotatable bonds is 9. The number of carbonyl (C=O) groups excluding carboxylic acids is 1. The summed E-state index contributed by atoms with van der Waals surface area (Å²) in [7, 11) is 0. The van der Waals surface area contributed by atoms with Crippen LogP contribution < -0.4 is 11.1 Å². The standard InChI is InChI=1S/C11H22N2OS/c1-2-3-4-5-6-7-11(14)13-9-8-10(12)15/h2-9H2,1H3,(H2,12,15)(H,13,14). The van der Waals surface area contributed by atoms with Gasteiger partial charge in [0.05, 0.1) is 4.99 Å². The summed E-state index contributed by atoms with van der Waals surface area (Å²) in [6.45, 7) is 2.76. The van der Waals surface area contributed by atoms with Crippen molar-refractivity contribution in [3.63, 3.8) is 0 Å². The van der Waals surface area contributed by atoms with E-state index in [4.69, 9.17) is 18.0 Å². The van der Waals surface area contributed by atoms with Crippen LogP contribution in [-0.2, 0) is 4.79 Å². The second kappa shape index (κ2) is 9.90. The van der Waals surface area contributed by atoms with Gasteiger partial charge in [0.25, 0.3) is 0 Å². The molecule has 0 aliphatic carbocycles. The quantitative estimate of drug-likeness (QED) is 0.471. The van der Waals surface area contributed by atoms with Crippen molar-refractivity contribution in [3.05, 3.63) is 0 Å². The molecular weight excluding hydrogens is 208 g/mol. The number of nitrogens with two attached hydrogens (primary N) is 1. The summed E-state index contributed by atoms with van der Waals surface area (Å²) in [6.07, 6.45) is 7.09. The molecule has 0 rings (SSSR count). The van der Waals surface area contributed by atoms with Crippen molar-refractivity contribution >= 4 is 23.1 Å². The Hall–Kier alpha value is -0.640. The van der Waals surface area contributed by atoms with Crippen molar-refractivity contribution < 1.29 is 4.79 Å². The van der Waals surface area contributed by atoms with Crippen LogP contribution in [0.1, 0.15) is 51.9 Å². The van der Waals surface area contributed by atoms with E-state index in [1.807, 2.05) is 0 Å². The largest absolute Gasteiger partial charge is 0.393 e. The lowest BCUT2D eigenvalue weighted by Crippen LogP contribution is -2.26. The molecule has 0 aliphatic heterocycles. The van der Waals surface area contributed by atoms with Crippen LogP contribution >= 0.6 is 12.2 Å². The zero-order chi connectivity index (χ0) is 11.5. The molecule has 1 amide bonds. The Kier molecular flexibility index (Phi) is 9.48. The molecule has 0 atom stereocenters. The molecule has 4 heteroatoms. The highest BCUT2D eigenvalue weighted by Gasteiger charge is 2.00. The number of unbranched alkanes of at least 4 members (excludes halogenated alkanes) is 4. The Labute approximate surface area is 97.8 Å². The van der Waals surface area contributed by atoms with Crippen LogP contribution in [0, 0.1) is 0 Å². The first-order chi connectivity index (χ1) is 7.16. The third-order valence-electron chi connectivity index (χ3n) is 2.20. The second-order valence-electron chi connectivity index (χ2n) is 3.73. The van der Waals surface area contributed by atoms with Gasteiger partial charge in [0, 0.05) is 19.4 Å². The number of nitrogens with one attached hydrogen (secondary N) is 1. The third-order valence-corrected chi connectivity index (χ3v) is 2.41. The molecule has 0 fully saturated rings. The van der Waals surface area contributed by atoms with E-state index in [0.717, 1.165) is 12.8 Å². The average Bonchev–Trinajstić information content (AvgIpc) is 2.17. The van der Waals surface area contributed by atoms with Gasteiger partial charge in [-0.25, -0.2) is 0 Å². The SMILES string of the molecule is CCCCCCCC(=O)NCCC(N)=S. The molecule has 0 saturated heterocycles. The van der Waals surface area contributed by atoms with E-state index in [1.54, 1.807) is 0 Å². The van der Waals surface area contributed by atoms with Crippen molar-refractivity contribution in [2.24, 2.45) is 5.73 Å². The van der Waals surface area contributed by atoms with Gasteiger partial charge in [-0.3, -0.25) is 4.79 Å². The summed E-state index contributed by atoms with van der Waals surface area (Å²) in [5, 5.41) is 2.80. The monoisotopic (exact) mass is 230 g/mol. The molecule has 0 aliphatic rings. The highest BCUT2D eigenvalue weighted by atomic mass is 32.1. The van der Waals surface area contributed by atoms with Crippen molar-refractivity contribution in [3.8, 4) is 0 Å². The molecule has 3 nitrogen and oxygen atoms in total. The maximum absolute atomic E-state index is 11.3. The molecule has 0 heterocycles. The van der Waals surface area contributed by atoms with Crippen molar-refractivity contribution in [1.82, 2.24) is 5.32 Å². The van der Waals surface area contributed by atoms with Crippen LogP contribution in [0.25, 0.3) is 0 Å². The van der Waals surface area contributed by atoms with Gasteiger partial charge in [-0.15, -0.1) is 0 Å². The number of amides is 1. The van der Waals surface area contributed by atoms with Crippen LogP contribution in [0.5, 0.6) is 0 Å². The molecule has 0 bridgehead atoms. The predicted molar refractivity (Wildman–Crippen MR) is 67.8 cm³/mol. The van der Waals surface area contributed by atoms with E-state index in [2.05, 4.69) is 12.2 Å². The van der Waals surface area contributed by atoms with Crippen LogP contribution in [0.4, 0.5) is 0 Å². The summed E-state index contributed by atoms with van der Waals surface area (Å²) in [4.78, 5) is 11.7. The molecule has 0 aromatic heterocycles. The molecule has 88 valence electrons. The first kappa shape index (κ1) is 14.4. The fraction of sp³-hybridized carbons (Fsp3) is 0.818. The summed E-state index contributed by atoms with van der Waals surface area (Å²) in [6, 6.07) is 0. The molecule has 0 saturated carbocycles. The highest BCUT2D eigenvalue weighted by molar-refractivity contribution is 7.80. The van der Waals surface area contributed by atoms with Crippen LogP contribution in [0.3, 0.4) is 0 Å². The highest BCUT2D eigenvalue weighted by Crippen LogP contribution is 2.04. The van der Waals surface area contributed by atoms with Gasteiger partial charge in [-0.1, -0.05) is 44.8 Å². The van der Waals surface area contributed by atoms with Gasteiger partial charge < -0.3 is 11.1 Å². The van der Waals surface area contributed by atoms with Gasteiger partial charge in [0.2, 0.25) is 5.91 Å². The van der Waals surface area contributed by atoms with Crippen molar-refractivity contribution in [2.45, 2.75) is 51.9 Å². The zero-order valence-corrected chi connectivity index (χ0v) is 10.4. The summed E-state index contributed by atoms with van der Waals surface area (Å²) < 4.78 is 0. The Balaban J connectivity index is 3.22. The number of carbonyl (C=O) groups is 1. The minimum absolute atomic E-state index is 0.114. The van der Waals surface area contributed by atoms with Crippen LogP contribution in [-0.4, -0.2) is 17.4 Å². The smallest absolute Gasteiger partial charge is 0.220 e. The fourth-order valence-electron chi connectivity index (χ4n) is 1.30. The fourth-order valence-corrected chi connectivity index (χ4v) is 1.40. The van der Waals surface area contributed by atoms with Gasteiger partial charge in [-0.05, 0) is 6.42 Å². The predicted octanol–water partition coefficient (Wildman–Crippen LogP) is 2.14. The lowest BCUT2D eigenvalue weighted by atomic mass is 10.1. The minimum atomic E-state index is 0.114. The lowest BCUT2D eigenvalue weighted by molar-refractivity contribution is -0.121. The summed E-state index contributed by atoms with van der Waals surface area (Å²) in [5.74, 6) is 0.114. The zero-order valence-electron chi connectivity index (χ0n) is 9.55. The first-order valence-electron chi connectivity index (χ1n) is 5.71. The molecule has 0 radical (unpaired) electrons. The molecule has 0 aromatic carbocycles. The topological polar surface area (TPSA) is 55.1 Å². The molecule has 0 spiro atoms.